The number of likely N-dealkylation sites (tertiary alicyclic amines) is 1. The Morgan fingerprint density at radius 2 is 1.66 bits per heavy atom. The first-order valence-corrected chi connectivity index (χ1v) is 21.9. The van der Waals surface area contributed by atoms with E-state index in [1.807, 2.05) is 69.3 Å². The van der Waals surface area contributed by atoms with Crippen LogP contribution in [-0.2, 0) is 21.1 Å². The summed E-state index contributed by atoms with van der Waals surface area (Å²) in [5.41, 5.74) is 15.0. The van der Waals surface area contributed by atoms with Crippen LogP contribution >= 0.6 is 0 Å². The monoisotopic (exact) mass is 803 g/mol. The third-order valence-corrected chi connectivity index (χ3v) is 13.4. The third kappa shape index (κ3) is 9.03. The maximum Gasteiger partial charge on any atom is 0.192 e. The van der Waals surface area contributed by atoms with Crippen LogP contribution in [-0.4, -0.2) is 55.8 Å². The van der Waals surface area contributed by atoms with Crippen molar-refractivity contribution in [3.05, 3.63) is 154 Å². The molecule has 7 nitrogen and oxygen atoms in total. The number of hydrogen-bond acceptors (Lipinski definition) is 7. The van der Waals surface area contributed by atoms with Crippen molar-refractivity contribution in [2.24, 2.45) is 5.73 Å². The quantitative estimate of drug-likeness (QED) is 0.109. The number of piperidine rings is 1. The van der Waals surface area contributed by atoms with Crippen molar-refractivity contribution < 1.29 is 26.7 Å². The maximum absolute atomic E-state index is 15.4. The molecule has 0 bridgehead atoms. The van der Waals surface area contributed by atoms with Crippen molar-refractivity contribution in [2.75, 3.05) is 29.9 Å². The van der Waals surface area contributed by atoms with Gasteiger partial charge in [0.2, 0.25) is 0 Å². The molecule has 0 radical (unpaired) electrons. The van der Waals surface area contributed by atoms with Crippen LogP contribution in [0.1, 0.15) is 73.8 Å². The van der Waals surface area contributed by atoms with Crippen LogP contribution in [0.4, 0.5) is 14.5 Å². The average molecular weight is 804 g/mol. The Morgan fingerprint density at radius 3 is 2.33 bits per heavy atom. The zero-order chi connectivity index (χ0) is 41.1. The molecule has 2 saturated heterocycles. The van der Waals surface area contributed by atoms with Gasteiger partial charge in [-0.25, -0.2) is 17.2 Å². The Balaban J connectivity index is 1.18. The van der Waals surface area contributed by atoms with Gasteiger partial charge in [0.05, 0.1) is 17.1 Å². The van der Waals surface area contributed by atoms with Gasteiger partial charge >= 0.3 is 0 Å². The second kappa shape index (κ2) is 17.3. The molecule has 58 heavy (non-hydrogen) atoms. The fourth-order valence-corrected chi connectivity index (χ4v) is 9.61. The minimum Gasteiger partial charge on any atom is -0.490 e. The van der Waals surface area contributed by atoms with Crippen LogP contribution in [0.5, 0.6) is 5.75 Å². The first-order chi connectivity index (χ1) is 27.8. The van der Waals surface area contributed by atoms with E-state index in [1.54, 1.807) is 30.3 Å². The number of carbonyl (C=O) groups excluding carboxylic acids is 1. The second-order valence-electron chi connectivity index (χ2n) is 15.7. The lowest BCUT2D eigenvalue weighted by Crippen LogP contribution is -2.56. The fourth-order valence-electron chi connectivity index (χ4n) is 8.11. The van der Waals surface area contributed by atoms with Crippen LogP contribution in [0, 0.1) is 18.6 Å². The summed E-state index contributed by atoms with van der Waals surface area (Å²) >= 11 is 0. The van der Waals surface area contributed by atoms with E-state index >= 15 is 4.39 Å². The zero-order valence-electron chi connectivity index (χ0n) is 33.4. The standard InChI is InChI=1S/C48H51F2N3O4S/c1-5-30(2)23-43(48(51)52-36-17-18-39(31(3)24-36)32(4)40-13-6-8-15-44(40)49)47(54)34-12-10-11-33-26-42(41-14-7-9-16-45(41)50)46(27-35(33)25-34)57-38-19-21-53(22-20-38)37-28-58(55,56)29-37/h6-9,13-18,23-27,37-38,52H,4-5,10-12,19-22,28-29,51H2,1-3H3/b30-23-,48-43+. The Morgan fingerprint density at radius 1 is 0.948 bits per heavy atom. The number of fused-ring (bicyclic) bond motifs is 1. The van der Waals surface area contributed by atoms with E-state index in [-0.39, 0.29) is 46.9 Å². The van der Waals surface area contributed by atoms with Crippen LogP contribution in [0.25, 0.3) is 22.8 Å². The van der Waals surface area contributed by atoms with Gasteiger partial charge in [0.15, 0.2) is 15.6 Å². The number of halogens is 2. The van der Waals surface area contributed by atoms with E-state index in [1.165, 1.54) is 12.1 Å². The van der Waals surface area contributed by atoms with Gasteiger partial charge in [0, 0.05) is 47.1 Å². The number of sulfone groups is 1. The molecule has 0 atom stereocenters. The lowest BCUT2D eigenvalue weighted by Gasteiger charge is -2.41. The summed E-state index contributed by atoms with van der Waals surface area (Å²) in [6.07, 6.45) is 7.73. The molecule has 4 aromatic rings. The molecule has 3 N–H and O–H groups in total. The lowest BCUT2D eigenvalue weighted by molar-refractivity contribution is -0.112. The predicted molar refractivity (Wildman–Crippen MR) is 230 cm³/mol. The summed E-state index contributed by atoms with van der Waals surface area (Å²) in [5.74, 6) is 0.322. The van der Waals surface area contributed by atoms with Gasteiger partial charge in [-0.15, -0.1) is 0 Å². The van der Waals surface area contributed by atoms with E-state index in [0.717, 1.165) is 60.2 Å². The van der Waals surface area contributed by atoms with Crippen molar-refractivity contribution in [2.45, 2.75) is 71.4 Å². The molecular formula is C48H51F2N3O4S. The highest BCUT2D eigenvalue weighted by Gasteiger charge is 2.39. The van der Waals surface area contributed by atoms with Gasteiger partial charge in [0.1, 0.15) is 29.3 Å². The van der Waals surface area contributed by atoms with Gasteiger partial charge in [-0.3, -0.25) is 9.69 Å². The topological polar surface area (TPSA) is 102 Å². The summed E-state index contributed by atoms with van der Waals surface area (Å²) in [6, 6.07) is 22.9. The molecule has 1 aliphatic carbocycles. The van der Waals surface area contributed by atoms with Gasteiger partial charge in [-0.1, -0.05) is 61.5 Å². The number of ether oxygens (including phenoxy) is 1. The van der Waals surface area contributed by atoms with E-state index in [2.05, 4.69) is 16.8 Å². The number of carbonyl (C=O) groups is 1. The highest BCUT2D eigenvalue weighted by molar-refractivity contribution is 7.92. The molecule has 0 unspecified atom stereocenters. The summed E-state index contributed by atoms with van der Waals surface area (Å²) in [7, 11) is -2.92. The van der Waals surface area contributed by atoms with E-state index in [9.17, 15) is 17.6 Å². The highest BCUT2D eigenvalue weighted by Crippen LogP contribution is 2.39. The average Bonchev–Trinajstić information content (AvgIpc) is 3.41. The van der Waals surface area contributed by atoms with Gasteiger partial charge < -0.3 is 15.8 Å². The smallest absolute Gasteiger partial charge is 0.192 e. The van der Waals surface area contributed by atoms with Gasteiger partial charge in [-0.05, 0) is 129 Å². The van der Waals surface area contributed by atoms with Gasteiger partial charge in [-0.2, -0.15) is 0 Å². The molecular weight excluding hydrogens is 753 g/mol. The summed E-state index contributed by atoms with van der Waals surface area (Å²) in [6.45, 7) is 11.5. The van der Waals surface area contributed by atoms with Crippen molar-refractivity contribution in [1.29, 1.82) is 0 Å². The van der Waals surface area contributed by atoms with E-state index < -0.39 is 9.84 Å². The first kappa shape index (κ1) is 40.9. The molecule has 2 heterocycles. The Bertz CT molecular complexity index is 2450. The fraction of sp³-hybridized carbons (Fsp3) is 0.312. The number of anilines is 1. The van der Waals surface area contributed by atoms with Crippen LogP contribution < -0.4 is 15.8 Å². The largest absolute Gasteiger partial charge is 0.490 e. The Kier molecular flexibility index (Phi) is 12.2. The highest BCUT2D eigenvalue weighted by atomic mass is 32.2. The number of rotatable bonds is 12. The number of allylic oxidation sites excluding steroid dienone is 4. The Hall–Kier alpha value is -5.32. The minimum atomic E-state index is -2.92. The van der Waals surface area contributed by atoms with E-state index in [0.29, 0.717) is 64.1 Å². The summed E-state index contributed by atoms with van der Waals surface area (Å²) in [4.78, 5) is 16.8. The molecule has 10 heteroatoms. The number of Topliss-reactive ketones (excluding diaryl/α,β-unsaturated/α-hetero) is 1. The van der Waals surface area contributed by atoms with E-state index in [4.69, 9.17) is 10.5 Å². The second-order valence-corrected chi connectivity index (χ2v) is 17.9. The summed E-state index contributed by atoms with van der Waals surface area (Å²) < 4.78 is 60.3. The molecule has 0 aromatic heterocycles. The molecule has 4 aromatic carbocycles. The van der Waals surface area contributed by atoms with Crippen molar-refractivity contribution in [3.63, 3.8) is 0 Å². The molecule has 3 aliphatic rings. The van der Waals surface area contributed by atoms with Crippen molar-refractivity contribution in [3.8, 4) is 16.9 Å². The number of nitrogens with zero attached hydrogens (tertiary/aromatic N) is 1. The van der Waals surface area contributed by atoms with Crippen LogP contribution in [0.2, 0.25) is 0 Å². The molecule has 7 rings (SSSR count). The lowest BCUT2D eigenvalue weighted by atomic mass is 9.94. The minimum absolute atomic E-state index is 0.0647. The van der Waals surface area contributed by atoms with Crippen molar-refractivity contribution >= 4 is 33.0 Å². The van der Waals surface area contributed by atoms with Gasteiger partial charge in [0.25, 0.3) is 0 Å². The molecule has 0 saturated carbocycles. The molecule has 0 spiro atoms. The number of ketones is 1. The predicted octanol–water partition coefficient (Wildman–Crippen LogP) is 9.57. The van der Waals surface area contributed by atoms with Crippen LogP contribution in [0.15, 0.2) is 114 Å². The zero-order valence-corrected chi connectivity index (χ0v) is 34.2. The SMILES string of the molecule is C=C(c1ccc(N/C(N)=C(\C=C(\C)CC)C(=O)C2=Cc3cc(OC4CCN(C5CS(=O)(=O)C5)CC4)c(-c4ccccc4F)cc3CCC2)cc1C)c1ccccc1F. The normalized spacial score (nSPS) is 17.9. The molecule has 302 valence electrons. The number of benzene rings is 4. The maximum atomic E-state index is 15.4. The molecule has 2 fully saturated rings. The third-order valence-electron chi connectivity index (χ3n) is 11.6. The molecule has 2 aliphatic heterocycles. The summed E-state index contributed by atoms with van der Waals surface area (Å²) in [5, 5.41) is 3.26. The van der Waals surface area contributed by atoms with Crippen molar-refractivity contribution in [1.82, 2.24) is 4.90 Å². The number of nitrogens with one attached hydrogen (secondary N) is 1. The molecule has 0 amide bonds. The first-order valence-electron chi connectivity index (χ1n) is 20.1. The number of hydrogen-bond donors (Lipinski definition) is 2. The Labute approximate surface area is 340 Å². The number of aryl methyl sites for hydroxylation is 2. The number of nitrogens with two attached hydrogens (primary N) is 1. The van der Waals surface area contributed by atoms with Crippen LogP contribution in [0.3, 0.4) is 0 Å².